The quantitative estimate of drug-likeness (QED) is 0.730. The first-order valence-corrected chi connectivity index (χ1v) is 6.58. The summed E-state index contributed by atoms with van der Waals surface area (Å²) in [5.41, 5.74) is 0.938. The number of hydrogen-bond acceptors (Lipinski definition) is 3. The van der Waals surface area contributed by atoms with Gasteiger partial charge in [-0.1, -0.05) is 23.2 Å². The van der Waals surface area contributed by atoms with E-state index >= 15 is 0 Å². The van der Waals surface area contributed by atoms with E-state index in [1.807, 2.05) is 12.3 Å². The molecule has 5 heteroatoms. The van der Waals surface area contributed by atoms with Crippen molar-refractivity contribution in [3.05, 3.63) is 42.2 Å². The maximum absolute atomic E-state index is 12.0. The summed E-state index contributed by atoms with van der Waals surface area (Å²) in [5, 5.41) is 2.43. The van der Waals surface area contributed by atoms with Crippen molar-refractivity contribution < 1.29 is 4.79 Å². The van der Waals surface area contributed by atoms with Gasteiger partial charge in [-0.25, -0.2) is 0 Å². The van der Waals surface area contributed by atoms with E-state index in [-0.39, 0.29) is 5.78 Å². The molecule has 0 amide bonds. The van der Waals surface area contributed by atoms with Crippen molar-refractivity contribution in [1.82, 2.24) is 0 Å². The molecular formula is C10H6Cl2OS2. The second-order valence-electron chi connectivity index (χ2n) is 2.99. The second-order valence-corrected chi connectivity index (χ2v) is 5.97. The highest BCUT2D eigenvalue weighted by Crippen LogP contribution is 2.32. The molecule has 0 bridgehead atoms. The third-order valence-corrected chi connectivity index (χ3v) is 4.83. The van der Waals surface area contributed by atoms with Crippen LogP contribution in [-0.2, 0) is 0 Å². The van der Waals surface area contributed by atoms with Gasteiger partial charge in [-0.15, -0.1) is 22.7 Å². The fourth-order valence-electron chi connectivity index (χ4n) is 1.13. The Morgan fingerprint density at radius 3 is 2.53 bits per heavy atom. The highest BCUT2D eigenvalue weighted by Gasteiger charge is 2.17. The Hall–Kier alpha value is -0.350. The Balaban J connectivity index is 2.41. The standard InChI is InChI=1S/C10H6Cl2OS2/c1-5-4-14-10(8(5)12)9(13)6-2-3-7(11)15-6/h2-4H,1H3. The molecule has 0 aromatic carbocycles. The highest BCUT2D eigenvalue weighted by molar-refractivity contribution is 7.19. The van der Waals surface area contributed by atoms with Crippen LogP contribution in [0.5, 0.6) is 0 Å². The Bertz CT molecular complexity index is 513. The summed E-state index contributed by atoms with van der Waals surface area (Å²) >= 11 is 14.4. The van der Waals surface area contributed by atoms with Crippen LogP contribution in [0.4, 0.5) is 0 Å². The molecule has 0 saturated carbocycles. The van der Waals surface area contributed by atoms with Crippen molar-refractivity contribution in [1.29, 1.82) is 0 Å². The smallest absolute Gasteiger partial charge is 0.214 e. The Morgan fingerprint density at radius 1 is 1.33 bits per heavy atom. The first kappa shape index (κ1) is 11.1. The van der Waals surface area contributed by atoms with E-state index < -0.39 is 0 Å². The van der Waals surface area contributed by atoms with Gasteiger partial charge in [0.1, 0.15) is 0 Å². The van der Waals surface area contributed by atoms with E-state index in [9.17, 15) is 4.79 Å². The predicted molar refractivity (Wildman–Crippen MR) is 66.8 cm³/mol. The summed E-state index contributed by atoms with van der Waals surface area (Å²) in [4.78, 5) is 13.2. The van der Waals surface area contributed by atoms with Gasteiger partial charge in [0.15, 0.2) is 0 Å². The minimum atomic E-state index is -0.0463. The van der Waals surface area contributed by atoms with Crippen LogP contribution in [0.1, 0.15) is 20.1 Å². The van der Waals surface area contributed by atoms with Gasteiger partial charge in [-0.3, -0.25) is 4.79 Å². The number of rotatable bonds is 2. The fourth-order valence-corrected chi connectivity index (χ4v) is 3.42. The number of hydrogen-bond donors (Lipinski definition) is 0. The molecule has 0 aliphatic carbocycles. The lowest BCUT2D eigenvalue weighted by molar-refractivity contribution is 0.104. The maximum atomic E-state index is 12.0. The van der Waals surface area contributed by atoms with Crippen LogP contribution in [0, 0.1) is 6.92 Å². The summed E-state index contributed by atoms with van der Waals surface area (Å²) in [5.74, 6) is -0.0463. The van der Waals surface area contributed by atoms with Crippen LogP contribution in [-0.4, -0.2) is 5.78 Å². The van der Waals surface area contributed by atoms with Gasteiger partial charge in [0, 0.05) is 0 Å². The first-order chi connectivity index (χ1) is 7.09. The van der Waals surface area contributed by atoms with Gasteiger partial charge in [0.2, 0.25) is 5.78 Å². The molecule has 0 atom stereocenters. The van der Waals surface area contributed by atoms with Crippen molar-refractivity contribution in [2.45, 2.75) is 6.92 Å². The Labute approximate surface area is 105 Å². The van der Waals surface area contributed by atoms with Gasteiger partial charge in [0.25, 0.3) is 0 Å². The van der Waals surface area contributed by atoms with Crippen LogP contribution >= 0.6 is 45.9 Å². The number of carbonyl (C=O) groups excluding carboxylic acids is 1. The average molecular weight is 277 g/mol. The van der Waals surface area contributed by atoms with Gasteiger partial charge in [-0.2, -0.15) is 0 Å². The van der Waals surface area contributed by atoms with E-state index in [2.05, 4.69) is 0 Å². The molecule has 2 heterocycles. The minimum Gasteiger partial charge on any atom is -0.287 e. The first-order valence-electron chi connectivity index (χ1n) is 4.13. The lowest BCUT2D eigenvalue weighted by atomic mass is 10.2. The number of thiophene rings is 2. The van der Waals surface area contributed by atoms with E-state index in [0.717, 1.165) is 5.56 Å². The SMILES string of the molecule is Cc1csc(C(=O)c2ccc(Cl)s2)c1Cl. The topological polar surface area (TPSA) is 17.1 Å². The number of aryl methyl sites for hydroxylation is 1. The third kappa shape index (κ3) is 2.11. The zero-order chi connectivity index (χ0) is 11.0. The Kier molecular flexibility index (Phi) is 3.16. The summed E-state index contributed by atoms with van der Waals surface area (Å²) in [7, 11) is 0. The molecule has 0 saturated heterocycles. The second kappa shape index (κ2) is 4.26. The van der Waals surface area contributed by atoms with E-state index in [0.29, 0.717) is 19.1 Å². The van der Waals surface area contributed by atoms with E-state index in [1.54, 1.807) is 12.1 Å². The molecule has 2 aromatic heterocycles. The molecule has 78 valence electrons. The monoisotopic (exact) mass is 276 g/mol. The van der Waals surface area contributed by atoms with Gasteiger partial charge >= 0.3 is 0 Å². The summed E-state index contributed by atoms with van der Waals surface area (Å²) < 4.78 is 0.614. The normalized spacial score (nSPS) is 10.6. The van der Waals surface area contributed by atoms with Crippen LogP contribution in [0.15, 0.2) is 17.5 Å². The van der Waals surface area contributed by atoms with Crippen molar-refractivity contribution in [2.24, 2.45) is 0 Å². The lowest BCUT2D eigenvalue weighted by Crippen LogP contribution is -1.95. The molecule has 0 radical (unpaired) electrons. The number of carbonyl (C=O) groups is 1. The largest absolute Gasteiger partial charge is 0.287 e. The van der Waals surface area contributed by atoms with E-state index in [4.69, 9.17) is 23.2 Å². The number of halogens is 2. The zero-order valence-electron chi connectivity index (χ0n) is 7.71. The Morgan fingerprint density at radius 2 is 2.07 bits per heavy atom. The summed E-state index contributed by atoms with van der Waals surface area (Å²) in [6, 6.07) is 3.44. The third-order valence-electron chi connectivity index (χ3n) is 1.90. The molecule has 0 aliphatic heterocycles. The predicted octanol–water partition coefficient (Wildman–Crippen LogP) is 4.66. The molecular weight excluding hydrogens is 271 g/mol. The van der Waals surface area contributed by atoms with Gasteiger partial charge in [-0.05, 0) is 30.0 Å². The zero-order valence-corrected chi connectivity index (χ0v) is 10.9. The maximum Gasteiger partial charge on any atom is 0.214 e. The van der Waals surface area contributed by atoms with Gasteiger partial charge < -0.3 is 0 Å². The average Bonchev–Trinajstić information content (AvgIpc) is 2.75. The number of ketones is 1. The van der Waals surface area contributed by atoms with Crippen molar-refractivity contribution in [3.8, 4) is 0 Å². The van der Waals surface area contributed by atoms with Crippen LogP contribution in [0.25, 0.3) is 0 Å². The minimum absolute atomic E-state index is 0.0463. The molecule has 2 aromatic rings. The van der Waals surface area contributed by atoms with Crippen LogP contribution in [0.2, 0.25) is 9.36 Å². The van der Waals surface area contributed by atoms with Crippen LogP contribution in [0.3, 0.4) is 0 Å². The van der Waals surface area contributed by atoms with Crippen molar-refractivity contribution >= 4 is 51.7 Å². The highest BCUT2D eigenvalue weighted by atomic mass is 35.5. The molecule has 0 aliphatic rings. The lowest BCUT2D eigenvalue weighted by Gasteiger charge is -1.94. The fraction of sp³-hybridized carbons (Fsp3) is 0.100. The summed E-state index contributed by atoms with van der Waals surface area (Å²) in [6.07, 6.45) is 0. The molecule has 15 heavy (non-hydrogen) atoms. The van der Waals surface area contributed by atoms with Crippen molar-refractivity contribution in [2.75, 3.05) is 0 Å². The van der Waals surface area contributed by atoms with Gasteiger partial charge in [0.05, 0.1) is 19.1 Å². The molecule has 1 nitrogen and oxygen atoms in total. The molecule has 2 rings (SSSR count). The summed E-state index contributed by atoms with van der Waals surface area (Å²) in [6.45, 7) is 1.89. The molecule has 0 spiro atoms. The van der Waals surface area contributed by atoms with E-state index in [1.165, 1.54) is 22.7 Å². The molecule has 0 fully saturated rings. The van der Waals surface area contributed by atoms with Crippen LogP contribution < -0.4 is 0 Å². The molecule has 0 N–H and O–H groups in total. The van der Waals surface area contributed by atoms with Crippen molar-refractivity contribution in [3.63, 3.8) is 0 Å². The molecule has 0 unspecified atom stereocenters.